The number of sulfonamides is 1. The topological polar surface area (TPSA) is 101 Å². The first-order valence-electron chi connectivity index (χ1n) is 8.35. The molecule has 140 valence electrons. The molecule has 2 rings (SSSR count). The molecule has 0 saturated carbocycles. The van der Waals surface area contributed by atoms with Gasteiger partial charge >= 0.3 is 0 Å². The van der Waals surface area contributed by atoms with Crippen molar-refractivity contribution in [1.82, 2.24) is 4.72 Å². The van der Waals surface area contributed by atoms with Crippen LogP contribution in [0.3, 0.4) is 0 Å². The highest BCUT2D eigenvalue weighted by Gasteiger charge is 2.16. The molecule has 1 amide bonds. The summed E-state index contributed by atoms with van der Waals surface area (Å²) in [5, 5.41) is 2.73. The maximum absolute atomic E-state index is 12.4. The van der Waals surface area contributed by atoms with Crippen molar-refractivity contribution in [2.24, 2.45) is 5.73 Å². The quantitative estimate of drug-likeness (QED) is 0.722. The Kier molecular flexibility index (Phi) is 6.17. The van der Waals surface area contributed by atoms with E-state index in [0.29, 0.717) is 11.3 Å². The number of hydrogen-bond acceptors (Lipinski definition) is 4. The van der Waals surface area contributed by atoms with Gasteiger partial charge in [-0.3, -0.25) is 4.79 Å². The number of rotatable bonds is 6. The van der Waals surface area contributed by atoms with E-state index in [1.807, 2.05) is 12.1 Å². The van der Waals surface area contributed by atoms with Crippen LogP contribution in [0, 0.1) is 0 Å². The summed E-state index contributed by atoms with van der Waals surface area (Å²) in [6.45, 7) is 6.67. The number of carbonyl (C=O) groups excluding carboxylic acids is 1. The van der Waals surface area contributed by atoms with Gasteiger partial charge in [0.1, 0.15) is 0 Å². The Labute approximate surface area is 154 Å². The lowest BCUT2D eigenvalue weighted by Gasteiger charge is -2.19. The Bertz CT molecular complexity index is 870. The molecule has 0 aliphatic heterocycles. The van der Waals surface area contributed by atoms with E-state index in [0.717, 1.165) is 5.56 Å². The van der Waals surface area contributed by atoms with Crippen molar-refractivity contribution in [2.45, 2.75) is 31.1 Å². The van der Waals surface area contributed by atoms with Crippen molar-refractivity contribution >= 4 is 21.6 Å². The lowest BCUT2D eigenvalue weighted by atomic mass is 9.87. The summed E-state index contributed by atoms with van der Waals surface area (Å²) in [4.78, 5) is 12.5. The molecule has 0 bridgehead atoms. The molecule has 2 aromatic rings. The molecule has 0 unspecified atom stereocenters. The SMILES string of the molecule is CC(C)(C)c1ccc(C(=O)Nc2cccc(S(=O)(=O)NCCN)c2)cc1. The van der Waals surface area contributed by atoms with Crippen LogP contribution in [0.2, 0.25) is 0 Å². The first kappa shape index (κ1) is 20.1. The van der Waals surface area contributed by atoms with Crippen molar-refractivity contribution in [3.05, 3.63) is 59.7 Å². The number of nitrogens with two attached hydrogens (primary N) is 1. The van der Waals surface area contributed by atoms with Gasteiger partial charge in [0.25, 0.3) is 5.91 Å². The van der Waals surface area contributed by atoms with Crippen molar-refractivity contribution in [1.29, 1.82) is 0 Å². The standard InChI is InChI=1S/C19H25N3O3S/c1-19(2,3)15-9-7-14(8-10-15)18(23)22-16-5-4-6-17(13-16)26(24,25)21-12-11-20/h4-10,13,21H,11-12,20H2,1-3H3,(H,22,23). The summed E-state index contributed by atoms with van der Waals surface area (Å²) in [5.74, 6) is -0.296. The summed E-state index contributed by atoms with van der Waals surface area (Å²) in [5.41, 5.74) is 7.38. The highest BCUT2D eigenvalue weighted by atomic mass is 32.2. The largest absolute Gasteiger partial charge is 0.329 e. The summed E-state index contributed by atoms with van der Waals surface area (Å²) in [6.07, 6.45) is 0. The average molecular weight is 375 g/mol. The molecule has 0 aliphatic rings. The van der Waals surface area contributed by atoms with E-state index in [4.69, 9.17) is 5.73 Å². The number of benzene rings is 2. The smallest absolute Gasteiger partial charge is 0.255 e. The lowest BCUT2D eigenvalue weighted by Crippen LogP contribution is -2.29. The summed E-state index contributed by atoms with van der Waals surface area (Å²) in [7, 11) is -3.65. The first-order chi connectivity index (χ1) is 12.1. The number of amides is 1. The van der Waals surface area contributed by atoms with Gasteiger partial charge in [-0.25, -0.2) is 13.1 Å². The third-order valence-corrected chi connectivity index (χ3v) is 5.31. The van der Waals surface area contributed by atoms with Gasteiger partial charge in [0.05, 0.1) is 4.90 Å². The van der Waals surface area contributed by atoms with Crippen LogP contribution in [-0.2, 0) is 15.4 Å². The molecule has 0 fully saturated rings. The van der Waals surface area contributed by atoms with E-state index in [9.17, 15) is 13.2 Å². The van der Waals surface area contributed by atoms with Crippen LogP contribution < -0.4 is 15.8 Å². The van der Waals surface area contributed by atoms with Gasteiger partial charge in [0, 0.05) is 24.3 Å². The van der Waals surface area contributed by atoms with Crippen LogP contribution in [0.15, 0.2) is 53.4 Å². The molecule has 4 N–H and O–H groups in total. The number of carbonyl (C=O) groups is 1. The average Bonchev–Trinajstić information content (AvgIpc) is 2.59. The molecule has 0 radical (unpaired) electrons. The van der Waals surface area contributed by atoms with E-state index in [1.165, 1.54) is 12.1 Å². The van der Waals surface area contributed by atoms with Gasteiger partial charge in [-0.05, 0) is 41.3 Å². The third kappa shape index (κ3) is 5.14. The van der Waals surface area contributed by atoms with Gasteiger partial charge in [-0.15, -0.1) is 0 Å². The second kappa shape index (κ2) is 7.99. The molecule has 0 aliphatic carbocycles. The van der Waals surface area contributed by atoms with Crippen molar-refractivity contribution in [3.8, 4) is 0 Å². The lowest BCUT2D eigenvalue weighted by molar-refractivity contribution is 0.102. The Hall–Kier alpha value is -2.22. The predicted octanol–water partition coefficient (Wildman–Crippen LogP) is 2.47. The van der Waals surface area contributed by atoms with Gasteiger partial charge in [-0.1, -0.05) is 39.0 Å². The number of hydrogen-bond donors (Lipinski definition) is 3. The molecule has 0 atom stereocenters. The molecule has 0 spiro atoms. The zero-order chi connectivity index (χ0) is 19.4. The van der Waals surface area contributed by atoms with Crippen LogP contribution >= 0.6 is 0 Å². The second-order valence-corrected chi connectivity index (χ2v) is 8.76. The highest BCUT2D eigenvalue weighted by molar-refractivity contribution is 7.89. The summed E-state index contributed by atoms with van der Waals surface area (Å²) >= 11 is 0. The van der Waals surface area contributed by atoms with E-state index in [-0.39, 0.29) is 29.3 Å². The molecule has 0 saturated heterocycles. The summed E-state index contributed by atoms with van der Waals surface area (Å²) < 4.78 is 26.7. The first-order valence-corrected chi connectivity index (χ1v) is 9.83. The van der Waals surface area contributed by atoms with Crippen LogP contribution in [0.5, 0.6) is 0 Å². The molecule has 7 heteroatoms. The number of anilines is 1. The van der Waals surface area contributed by atoms with Gasteiger partial charge in [-0.2, -0.15) is 0 Å². The summed E-state index contributed by atoms with van der Waals surface area (Å²) in [6, 6.07) is 13.5. The highest BCUT2D eigenvalue weighted by Crippen LogP contribution is 2.22. The van der Waals surface area contributed by atoms with Gasteiger partial charge in [0.15, 0.2) is 0 Å². The monoisotopic (exact) mass is 375 g/mol. The molecule has 0 aromatic heterocycles. The normalized spacial score (nSPS) is 12.0. The van der Waals surface area contributed by atoms with Gasteiger partial charge < -0.3 is 11.1 Å². The number of nitrogens with one attached hydrogen (secondary N) is 2. The van der Waals surface area contributed by atoms with E-state index >= 15 is 0 Å². The van der Waals surface area contributed by atoms with Crippen molar-refractivity contribution in [2.75, 3.05) is 18.4 Å². The van der Waals surface area contributed by atoms with Crippen molar-refractivity contribution in [3.63, 3.8) is 0 Å². The fourth-order valence-corrected chi connectivity index (χ4v) is 3.44. The minimum absolute atomic E-state index is 0.00816. The minimum atomic E-state index is -3.65. The van der Waals surface area contributed by atoms with Crippen LogP contribution in [0.1, 0.15) is 36.7 Å². The Morgan fingerprint density at radius 3 is 2.31 bits per heavy atom. The second-order valence-electron chi connectivity index (χ2n) is 7.00. The van der Waals surface area contributed by atoms with E-state index < -0.39 is 10.0 Å². The van der Waals surface area contributed by atoms with Crippen LogP contribution in [0.25, 0.3) is 0 Å². The molecular formula is C19H25N3O3S. The third-order valence-electron chi connectivity index (χ3n) is 3.85. The molecule has 26 heavy (non-hydrogen) atoms. The molecule has 2 aromatic carbocycles. The molecule has 6 nitrogen and oxygen atoms in total. The Morgan fingerprint density at radius 1 is 1.08 bits per heavy atom. The van der Waals surface area contributed by atoms with E-state index in [2.05, 4.69) is 30.8 Å². The van der Waals surface area contributed by atoms with E-state index in [1.54, 1.807) is 24.3 Å². The predicted molar refractivity (Wildman–Crippen MR) is 104 cm³/mol. The van der Waals surface area contributed by atoms with Gasteiger partial charge in [0.2, 0.25) is 10.0 Å². The minimum Gasteiger partial charge on any atom is -0.329 e. The Balaban J connectivity index is 2.16. The van der Waals surface area contributed by atoms with Crippen LogP contribution in [-0.4, -0.2) is 27.4 Å². The maximum Gasteiger partial charge on any atom is 0.255 e. The van der Waals surface area contributed by atoms with Crippen LogP contribution in [0.4, 0.5) is 5.69 Å². The molecular weight excluding hydrogens is 350 g/mol. The Morgan fingerprint density at radius 2 is 1.73 bits per heavy atom. The zero-order valence-corrected chi connectivity index (χ0v) is 16.1. The fourth-order valence-electron chi connectivity index (χ4n) is 2.34. The molecule has 0 heterocycles. The van der Waals surface area contributed by atoms with Crippen molar-refractivity contribution < 1.29 is 13.2 Å². The fraction of sp³-hybridized carbons (Fsp3) is 0.316. The zero-order valence-electron chi connectivity index (χ0n) is 15.2. The maximum atomic E-state index is 12.4.